The van der Waals surface area contributed by atoms with E-state index in [1.807, 2.05) is 52.0 Å². The highest BCUT2D eigenvalue weighted by atomic mass is 16.2. The quantitative estimate of drug-likeness (QED) is 0.877. The van der Waals surface area contributed by atoms with E-state index in [2.05, 4.69) is 5.32 Å². The molecule has 0 bridgehead atoms. The zero-order valence-electron chi connectivity index (χ0n) is 12.4. The lowest BCUT2D eigenvalue weighted by Gasteiger charge is -2.28. The molecular weight excluding hydrogens is 238 g/mol. The lowest BCUT2D eigenvalue weighted by molar-refractivity contribution is 0.237. The maximum absolute atomic E-state index is 12.3. The minimum atomic E-state index is -0.247. The number of benzene rings is 1. The van der Waals surface area contributed by atoms with Gasteiger partial charge in [0.15, 0.2) is 0 Å². The van der Waals surface area contributed by atoms with Crippen molar-refractivity contribution in [3.05, 3.63) is 29.8 Å². The number of carbonyl (C=O) groups is 1. The predicted octanol–water partition coefficient (Wildman–Crippen LogP) is 2.66. The maximum Gasteiger partial charge on any atom is 0.322 e. The van der Waals surface area contributed by atoms with Gasteiger partial charge in [0.2, 0.25) is 0 Å². The summed E-state index contributed by atoms with van der Waals surface area (Å²) in [5.74, 6) is 0. The van der Waals surface area contributed by atoms with Crippen LogP contribution in [-0.2, 0) is 0 Å². The summed E-state index contributed by atoms with van der Waals surface area (Å²) < 4.78 is 0. The number of anilines is 1. The fourth-order valence-corrected chi connectivity index (χ4v) is 1.71. The van der Waals surface area contributed by atoms with Crippen molar-refractivity contribution in [1.82, 2.24) is 5.32 Å². The van der Waals surface area contributed by atoms with Gasteiger partial charge in [0.05, 0.1) is 0 Å². The van der Waals surface area contributed by atoms with Crippen LogP contribution in [0.5, 0.6) is 0 Å². The van der Waals surface area contributed by atoms with E-state index in [0.717, 1.165) is 12.1 Å². The van der Waals surface area contributed by atoms with Gasteiger partial charge in [0, 0.05) is 17.8 Å². The van der Waals surface area contributed by atoms with Crippen LogP contribution >= 0.6 is 0 Å². The molecule has 2 amide bonds. The summed E-state index contributed by atoms with van der Waals surface area (Å²) >= 11 is 0. The number of aryl methyl sites for hydroxylation is 1. The Morgan fingerprint density at radius 1 is 1.26 bits per heavy atom. The van der Waals surface area contributed by atoms with Crippen molar-refractivity contribution in [2.75, 3.05) is 18.0 Å². The smallest absolute Gasteiger partial charge is 0.322 e. The molecule has 0 radical (unpaired) electrons. The van der Waals surface area contributed by atoms with E-state index < -0.39 is 0 Å². The van der Waals surface area contributed by atoms with E-state index >= 15 is 0 Å². The second-order valence-corrected chi connectivity index (χ2v) is 5.81. The molecule has 1 rings (SSSR count). The average molecular weight is 263 g/mol. The molecule has 0 aliphatic rings. The van der Waals surface area contributed by atoms with E-state index in [0.29, 0.717) is 13.1 Å². The monoisotopic (exact) mass is 263 g/mol. The van der Waals surface area contributed by atoms with Crippen molar-refractivity contribution >= 4 is 11.7 Å². The van der Waals surface area contributed by atoms with Crippen LogP contribution in [-0.4, -0.2) is 24.7 Å². The Labute approximate surface area is 116 Å². The van der Waals surface area contributed by atoms with Crippen LogP contribution in [0.3, 0.4) is 0 Å². The summed E-state index contributed by atoms with van der Waals surface area (Å²) in [6.07, 6.45) is 0.783. The zero-order valence-corrected chi connectivity index (χ0v) is 12.4. The fraction of sp³-hybridized carbons (Fsp3) is 0.533. The topological polar surface area (TPSA) is 58.4 Å². The van der Waals surface area contributed by atoms with E-state index in [9.17, 15) is 4.79 Å². The van der Waals surface area contributed by atoms with Crippen LogP contribution in [0.15, 0.2) is 24.3 Å². The number of hydrogen-bond donors (Lipinski definition) is 2. The molecule has 0 aliphatic carbocycles. The number of amides is 2. The van der Waals surface area contributed by atoms with Gasteiger partial charge in [-0.15, -0.1) is 0 Å². The molecule has 0 saturated carbocycles. The number of rotatable bonds is 4. The number of carbonyl (C=O) groups excluding carboxylic acids is 1. The summed E-state index contributed by atoms with van der Waals surface area (Å²) in [4.78, 5) is 14.1. The molecule has 0 spiro atoms. The van der Waals surface area contributed by atoms with Crippen LogP contribution in [0.2, 0.25) is 0 Å². The van der Waals surface area contributed by atoms with E-state index in [1.54, 1.807) is 4.90 Å². The molecule has 3 N–H and O–H groups in total. The number of nitrogens with two attached hydrogens (primary N) is 1. The normalized spacial score (nSPS) is 11.2. The third kappa shape index (κ3) is 5.30. The van der Waals surface area contributed by atoms with Crippen LogP contribution in [0.1, 0.15) is 32.8 Å². The third-order valence-electron chi connectivity index (χ3n) is 2.66. The summed E-state index contributed by atoms with van der Waals surface area (Å²) in [7, 11) is 0. The van der Waals surface area contributed by atoms with Crippen molar-refractivity contribution in [1.29, 1.82) is 0 Å². The standard InChI is InChI=1S/C15H25N3O/c1-12-6-8-13(9-7-12)18(11-5-10-16)14(19)17-15(2,3)4/h6-9H,5,10-11,16H2,1-4H3,(H,17,19). The molecule has 0 aliphatic heterocycles. The first-order valence-electron chi connectivity index (χ1n) is 6.70. The highest BCUT2D eigenvalue weighted by Crippen LogP contribution is 2.16. The minimum absolute atomic E-state index is 0.0789. The average Bonchev–Trinajstić information content (AvgIpc) is 2.29. The van der Waals surface area contributed by atoms with Gasteiger partial charge in [-0.3, -0.25) is 4.90 Å². The van der Waals surface area contributed by atoms with Gasteiger partial charge in [-0.25, -0.2) is 4.79 Å². The van der Waals surface area contributed by atoms with Crippen molar-refractivity contribution in [3.8, 4) is 0 Å². The molecule has 0 fully saturated rings. The summed E-state index contributed by atoms with van der Waals surface area (Å²) in [5, 5.41) is 2.99. The van der Waals surface area contributed by atoms with E-state index in [-0.39, 0.29) is 11.6 Å². The molecule has 4 nitrogen and oxygen atoms in total. The van der Waals surface area contributed by atoms with Crippen molar-refractivity contribution in [2.45, 2.75) is 39.7 Å². The molecule has 0 aromatic heterocycles. The second-order valence-electron chi connectivity index (χ2n) is 5.81. The Morgan fingerprint density at radius 3 is 2.32 bits per heavy atom. The summed E-state index contributed by atoms with van der Waals surface area (Å²) in [5.41, 5.74) is 7.38. The molecule has 1 aromatic carbocycles. The Kier molecular flexibility index (Phi) is 5.36. The summed E-state index contributed by atoms with van der Waals surface area (Å²) in [6, 6.07) is 7.87. The van der Waals surface area contributed by atoms with Crippen LogP contribution < -0.4 is 16.0 Å². The third-order valence-corrected chi connectivity index (χ3v) is 2.66. The van der Waals surface area contributed by atoms with Gasteiger partial charge >= 0.3 is 6.03 Å². The first-order chi connectivity index (χ1) is 8.83. The highest BCUT2D eigenvalue weighted by Gasteiger charge is 2.20. The molecular formula is C15H25N3O. The van der Waals surface area contributed by atoms with Crippen molar-refractivity contribution in [3.63, 3.8) is 0 Å². The van der Waals surface area contributed by atoms with Crippen LogP contribution in [0, 0.1) is 6.92 Å². The number of hydrogen-bond acceptors (Lipinski definition) is 2. The van der Waals surface area contributed by atoms with Gasteiger partial charge in [-0.2, -0.15) is 0 Å². The molecule has 4 heteroatoms. The molecule has 19 heavy (non-hydrogen) atoms. The molecule has 106 valence electrons. The highest BCUT2D eigenvalue weighted by molar-refractivity contribution is 5.92. The molecule has 1 aromatic rings. The second kappa shape index (κ2) is 6.57. The van der Waals surface area contributed by atoms with Gasteiger partial charge in [-0.1, -0.05) is 17.7 Å². The van der Waals surface area contributed by atoms with Gasteiger partial charge in [-0.05, 0) is 52.8 Å². The molecule has 0 unspecified atom stereocenters. The van der Waals surface area contributed by atoms with Crippen LogP contribution in [0.25, 0.3) is 0 Å². The van der Waals surface area contributed by atoms with Crippen LogP contribution in [0.4, 0.5) is 10.5 Å². The molecule has 0 atom stereocenters. The Morgan fingerprint density at radius 2 is 1.84 bits per heavy atom. The lowest BCUT2D eigenvalue weighted by Crippen LogP contribution is -2.49. The molecule has 0 heterocycles. The fourth-order valence-electron chi connectivity index (χ4n) is 1.71. The van der Waals surface area contributed by atoms with Gasteiger partial charge < -0.3 is 11.1 Å². The lowest BCUT2D eigenvalue weighted by atomic mass is 10.1. The summed E-state index contributed by atoms with van der Waals surface area (Å²) in [6.45, 7) is 9.15. The van der Waals surface area contributed by atoms with Crippen molar-refractivity contribution < 1.29 is 4.79 Å². The first-order valence-corrected chi connectivity index (χ1v) is 6.70. The number of nitrogens with one attached hydrogen (secondary N) is 1. The van der Waals surface area contributed by atoms with E-state index in [4.69, 9.17) is 5.73 Å². The zero-order chi connectivity index (χ0) is 14.5. The molecule has 0 saturated heterocycles. The minimum Gasteiger partial charge on any atom is -0.333 e. The van der Waals surface area contributed by atoms with E-state index in [1.165, 1.54) is 5.56 Å². The number of urea groups is 1. The largest absolute Gasteiger partial charge is 0.333 e. The maximum atomic E-state index is 12.3. The SMILES string of the molecule is Cc1ccc(N(CCCN)C(=O)NC(C)(C)C)cc1. The first kappa shape index (κ1) is 15.5. The Bertz CT molecular complexity index is 406. The number of nitrogens with zero attached hydrogens (tertiary/aromatic N) is 1. The Balaban J connectivity index is 2.87. The van der Waals surface area contributed by atoms with Gasteiger partial charge in [0.1, 0.15) is 0 Å². The predicted molar refractivity (Wildman–Crippen MR) is 80.5 cm³/mol. The Hall–Kier alpha value is -1.55. The van der Waals surface area contributed by atoms with Gasteiger partial charge in [0.25, 0.3) is 0 Å². The van der Waals surface area contributed by atoms with Crippen molar-refractivity contribution in [2.24, 2.45) is 5.73 Å².